The molecule has 1 saturated carbocycles. The van der Waals surface area contributed by atoms with E-state index in [1.807, 2.05) is 6.07 Å². The van der Waals surface area contributed by atoms with Crippen molar-refractivity contribution in [1.82, 2.24) is 34.1 Å². The minimum absolute atomic E-state index is 0.0510. The van der Waals surface area contributed by atoms with Crippen LogP contribution in [0.3, 0.4) is 0 Å². The minimum atomic E-state index is -0.705. The summed E-state index contributed by atoms with van der Waals surface area (Å²) in [5.74, 6) is -0.916. The Labute approximate surface area is 250 Å². The molecular formula is C31H40FN9O2. The van der Waals surface area contributed by atoms with Crippen molar-refractivity contribution >= 4 is 28.6 Å². The van der Waals surface area contributed by atoms with Gasteiger partial charge in [-0.2, -0.15) is 5.10 Å². The molecule has 1 aliphatic carbocycles. The number of carbonyl (C=O) groups is 1. The molecule has 0 bridgehead atoms. The summed E-state index contributed by atoms with van der Waals surface area (Å²) in [5, 5.41) is 17.2. The molecule has 2 fully saturated rings. The molecule has 0 spiro atoms. The molecule has 1 saturated heterocycles. The number of aliphatic hydroxyl groups is 1. The second kappa shape index (κ2) is 12.4. The van der Waals surface area contributed by atoms with E-state index in [4.69, 9.17) is 4.98 Å². The molecule has 3 aromatic heterocycles. The maximum absolute atomic E-state index is 15.6. The predicted molar refractivity (Wildman–Crippen MR) is 165 cm³/mol. The Bertz CT molecular complexity index is 1580. The molecule has 228 valence electrons. The quantitative estimate of drug-likeness (QED) is 0.322. The van der Waals surface area contributed by atoms with Crippen molar-refractivity contribution in [1.29, 1.82) is 0 Å². The highest BCUT2D eigenvalue weighted by molar-refractivity contribution is 6.05. The fraction of sp³-hybridized carbons (Fsp3) is 0.484. The van der Waals surface area contributed by atoms with Crippen LogP contribution in [0.15, 0.2) is 42.9 Å². The SMILES string of the molecule is CN(C)CCN1CCN(c2ccc3nc(NC(=O)c4ccnc(-c5cnn(C)c5)c4F)n(C4CCC(O)CC4)c3c2)CC1. The Morgan fingerprint density at radius 1 is 1.12 bits per heavy atom. The third-order valence-electron chi connectivity index (χ3n) is 8.64. The van der Waals surface area contributed by atoms with E-state index in [0.717, 1.165) is 68.8 Å². The Morgan fingerprint density at radius 2 is 1.88 bits per heavy atom. The van der Waals surface area contributed by atoms with Gasteiger partial charge in [0.25, 0.3) is 5.91 Å². The number of nitrogens with one attached hydrogen (secondary N) is 1. The van der Waals surface area contributed by atoms with Gasteiger partial charge in [-0.3, -0.25) is 24.7 Å². The van der Waals surface area contributed by atoms with Crippen LogP contribution < -0.4 is 10.2 Å². The van der Waals surface area contributed by atoms with Gasteiger partial charge in [0.05, 0.1) is 28.9 Å². The molecular weight excluding hydrogens is 549 g/mol. The number of piperazine rings is 1. The molecule has 43 heavy (non-hydrogen) atoms. The zero-order valence-corrected chi connectivity index (χ0v) is 25.1. The van der Waals surface area contributed by atoms with Gasteiger partial charge in [0.15, 0.2) is 5.82 Å². The van der Waals surface area contributed by atoms with E-state index in [1.54, 1.807) is 17.9 Å². The van der Waals surface area contributed by atoms with Crippen LogP contribution in [0.5, 0.6) is 0 Å². The van der Waals surface area contributed by atoms with Gasteiger partial charge < -0.3 is 19.5 Å². The molecule has 1 amide bonds. The van der Waals surface area contributed by atoms with Crippen LogP contribution in [-0.2, 0) is 7.05 Å². The number of fused-ring (bicyclic) bond motifs is 1. The number of benzene rings is 1. The van der Waals surface area contributed by atoms with Crippen molar-refractivity contribution in [3.05, 3.63) is 54.2 Å². The number of carbonyl (C=O) groups excluding carboxylic acids is 1. The van der Waals surface area contributed by atoms with E-state index < -0.39 is 11.7 Å². The van der Waals surface area contributed by atoms with Crippen molar-refractivity contribution in [3.63, 3.8) is 0 Å². The first kappa shape index (κ1) is 29.2. The molecule has 2 N–H and O–H groups in total. The molecule has 4 heterocycles. The highest BCUT2D eigenvalue weighted by atomic mass is 19.1. The minimum Gasteiger partial charge on any atom is -0.393 e. The number of aromatic nitrogens is 5. The van der Waals surface area contributed by atoms with E-state index >= 15 is 4.39 Å². The lowest BCUT2D eigenvalue weighted by Gasteiger charge is -2.36. The van der Waals surface area contributed by atoms with Crippen molar-refractivity contribution in [2.75, 3.05) is 63.6 Å². The van der Waals surface area contributed by atoms with E-state index in [1.165, 1.54) is 18.5 Å². The summed E-state index contributed by atoms with van der Waals surface area (Å²) in [6.45, 7) is 5.99. The number of nitrogens with zero attached hydrogens (tertiary/aromatic N) is 8. The summed E-state index contributed by atoms with van der Waals surface area (Å²) >= 11 is 0. The summed E-state index contributed by atoms with van der Waals surface area (Å²) < 4.78 is 19.2. The molecule has 0 atom stereocenters. The Kier molecular flexibility index (Phi) is 8.42. The number of pyridine rings is 1. The van der Waals surface area contributed by atoms with Crippen LogP contribution in [0, 0.1) is 5.82 Å². The standard InChI is InChI=1S/C31H40FN9O2/c1-37(2)12-13-39-14-16-40(17-15-39)23-6-9-26-27(18-23)41(22-4-7-24(42)8-5-22)31(35-26)36-30(43)25-10-11-33-29(28(25)32)21-19-34-38(3)20-21/h6,9-11,18-20,22,24,42H,4-5,7-8,12-17H2,1-3H3,(H,35,36,43). The summed E-state index contributed by atoms with van der Waals surface area (Å²) in [6, 6.07) is 7.68. The lowest BCUT2D eigenvalue weighted by molar-refractivity contribution is 0.101. The normalized spacial score (nSPS) is 19.8. The number of aliphatic hydroxyl groups excluding tert-OH is 1. The first-order valence-corrected chi connectivity index (χ1v) is 15.0. The summed E-state index contributed by atoms with van der Waals surface area (Å²) in [5.41, 5.74) is 3.27. The Balaban J connectivity index is 1.29. The fourth-order valence-corrected chi connectivity index (χ4v) is 6.16. The number of hydrogen-bond donors (Lipinski definition) is 2. The smallest absolute Gasteiger partial charge is 0.261 e. The van der Waals surface area contributed by atoms with E-state index in [-0.39, 0.29) is 23.4 Å². The lowest BCUT2D eigenvalue weighted by Crippen LogP contribution is -2.48. The van der Waals surface area contributed by atoms with Gasteiger partial charge in [-0.25, -0.2) is 9.37 Å². The summed E-state index contributed by atoms with van der Waals surface area (Å²) in [7, 11) is 5.95. The molecule has 4 aromatic rings. The van der Waals surface area contributed by atoms with Crippen LogP contribution in [-0.4, -0.2) is 105 Å². The lowest BCUT2D eigenvalue weighted by atomic mass is 9.93. The first-order chi connectivity index (χ1) is 20.8. The number of anilines is 2. The monoisotopic (exact) mass is 589 g/mol. The topological polar surface area (TPSA) is 108 Å². The van der Waals surface area contributed by atoms with Crippen LogP contribution in [0.2, 0.25) is 0 Å². The number of halogens is 1. The zero-order valence-electron chi connectivity index (χ0n) is 25.1. The van der Waals surface area contributed by atoms with Gasteiger partial charge in [-0.15, -0.1) is 0 Å². The Morgan fingerprint density at radius 3 is 2.58 bits per heavy atom. The van der Waals surface area contributed by atoms with Gasteiger partial charge in [-0.05, 0) is 64.0 Å². The average Bonchev–Trinajstić information content (AvgIpc) is 3.59. The van der Waals surface area contributed by atoms with Crippen molar-refractivity contribution in [2.24, 2.45) is 7.05 Å². The van der Waals surface area contributed by atoms with Gasteiger partial charge in [0.1, 0.15) is 5.69 Å². The molecule has 11 nitrogen and oxygen atoms in total. The molecule has 6 rings (SSSR count). The molecule has 1 aromatic carbocycles. The van der Waals surface area contributed by atoms with Gasteiger partial charge in [0, 0.05) is 76.0 Å². The summed E-state index contributed by atoms with van der Waals surface area (Å²) in [6.07, 6.45) is 7.17. The maximum atomic E-state index is 15.6. The molecule has 0 radical (unpaired) electrons. The first-order valence-electron chi connectivity index (χ1n) is 15.0. The van der Waals surface area contributed by atoms with Crippen LogP contribution >= 0.6 is 0 Å². The fourth-order valence-electron chi connectivity index (χ4n) is 6.16. The maximum Gasteiger partial charge on any atom is 0.261 e. The van der Waals surface area contributed by atoms with Gasteiger partial charge in [0.2, 0.25) is 5.95 Å². The van der Waals surface area contributed by atoms with E-state index in [9.17, 15) is 9.90 Å². The third-order valence-corrected chi connectivity index (χ3v) is 8.64. The van der Waals surface area contributed by atoms with Gasteiger partial charge in [-0.1, -0.05) is 0 Å². The highest BCUT2D eigenvalue weighted by Crippen LogP contribution is 2.36. The molecule has 2 aliphatic rings. The number of imidazole rings is 1. The molecule has 12 heteroatoms. The van der Waals surface area contributed by atoms with Crippen molar-refractivity contribution in [3.8, 4) is 11.3 Å². The number of likely N-dealkylation sites (N-methyl/N-ethyl adjacent to an activating group) is 1. The zero-order chi connectivity index (χ0) is 30.1. The third kappa shape index (κ3) is 6.27. The number of aryl methyl sites for hydroxylation is 1. The predicted octanol–water partition coefficient (Wildman–Crippen LogP) is 3.38. The summed E-state index contributed by atoms with van der Waals surface area (Å²) in [4.78, 5) is 29.6. The van der Waals surface area contributed by atoms with E-state index in [2.05, 4.69) is 60.9 Å². The number of amides is 1. The number of rotatable bonds is 8. The number of hydrogen-bond acceptors (Lipinski definition) is 8. The van der Waals surface area contributed by atoms with Crippen molar-refractivity contribution in [2.45, 2.75) is 37.8 Å². The van der Waals surface area contributed by atoms with Crippen molar-refractivity contribution < 1.29 is 14.3 Å². The molecule has 1 aliphatic heterocycles. The highest BCUT2D eigenvalue weighted by Gasteiger charge is 2.28. The molecule has 0 unspecified atom stereocenters. The van der Waals surface area contributed by atoms with E-state index in [0.29, 0.717) is 24.4 Å². The second-order valence-corrected chi connectivity index (χ2v) is 12.0. The Hall–Kier alpha value is -3.87. The second-order valence-electron chi connectivity index (χ2n) is 12.0. The van der Waals surface area contributed by atoms with Crippen LogP contribution in [0.1, 0.15) is 42.1 Å². The van der Waals surface area contributed by atoms with Crippen LogP contribution in [0.25, 0.3) is 22.3 Å². The van der Waals surface area contributed by atoms with Crippen LogP contribution in [0.4, 0.5) is 16.0 Å². The largest absolute Gasteiger partial charge is 0.393 e. The average molecular weight is 590 g/mol. The van der Waals surface area contributed by atoms with Gasteiger partial charge >= 0.3 is 0 Å².